The summed E-state index contributed by atoms with van der Waals surface area (Å²) in [5.74, 6) is 0. The SMILES string of the molecule is O=S(=O)(NC[C@H](c1ccccc1)N1CCCC1)c1cccc(Cl)c1. The van der Waals surface area contributed by atoms with E-state index in [0.717, 1.165) is 31.5 Å². The lowest BCUT2D eigenvalue weighted by molar-refractivity contribution is 0.246. The first kappa shape index (κ1) is 17.4. The Hall–Kier alpha value is -1.40. The molecule has 0 saturated carbocycles. The van der Waals surface area contributed by atoms with Crippen molar-refractivity contribution in [1.29, 1.82) is 0 Å². The lowest BCUT2D eigenvalue weighted by Gasteiger charge is -2.28. The standard InChI is InChI=1S/C18H21ClN2O2S/c19-16-9-6-10-17(13-16)24(22,23)20-14-18(21-11-4-5-12-21)15-7-2-1-3-8-15/h1-3,6-10,13,18,20H,4-5,11-12,14H2/t18-/m1/s1. The van der Waals surface area contributed by atoms with Gasteiger partial charge in [-0.2, -0.15) is 0 Å². The summed E-state index contributed by atoms with van der Waals surface area (Å²) >= 11 is 5.91. The van der Waals surface area contributed by atoms with E-state index in [1.165, 1.54) is 6.07 Å². The van der Waals surface area contributed by atoms with Gasteiger partial charge in [0.1, 0.15) is 0 Å². The van der Waals surface area contributed by atoms with Crippen molar-refractivity contribution in [1.82, 2.24) is 9.62 Å². The average molecular weight is 365 g/mol. The van der Waals surface area contributed by atoms with Gasteiger partial charge < -0.3 is 0 Å². The van der Waals surface area contributed by atoms with Crippen molar-refractivity contribution >= 4 is 21.6 Å². The fraction of sp³-hybridized carbons (Fsp3) is 0.333. The third-order valence-corrected chi connectivity index (χ3v) is 6.00. The van der Waals surface area contributed by atoms with Crippen molar-refractivity contribution in [3.8, 4) is 0 Å². The van der Waals surface area contributed by atoms with Gasteiger partial charge in [0.15, 0.2) is 0 Å². The molecule has 4 nitrogen and oxygen atoms in total. The normalized spacial score (nSPS) is 17.0. The van der Waals surface area contributed by atoms with Gasteiger partial charge in [-0.1, -0.05) is 48.0 Å². The maximum Gasteiger partial charge on any atom is 0.240 e. The number of likely N-dealkylation sites (tertiary alicyclic amines) is 1. The van der Waals surface area contributed by atoms with Crippen molar-refractivity contribution in [3.05, 3.63) is 65.2 Å². The molecule has 0 radical (unpaired) electrons. The van der Waals surface area contributed by atoms with E-state index in [-0.39, 0.29) is 10.9 Å². The Bertz CT molecular complexity index is 775. The maximum absolute atomic E-state index is 12.5. The molecule has 1 fully saturated rings. The zero-order valence-corrected chi connectivity index (χ0v) is 14.9. The molecule has 1 atom stereocenters. The second-order valence-electron chi connectivity index (χ2n) is 5.98. The number of benzene rings is 2. The molecule has 3 rings (SSSR count). The monoisotopic (exact) mass is 364 g/mol. The predicted molar refractivity (Wildman–Crippen MR) is 96.6 cm³/mol. The van der Waals surface area contributed by atoms with Crippen molar-refractivity contribution in [2.45, 2.75) is 23.8 Å². The van der Waals surface area contributed by atoms with E-state index >= 15 is 0 Å². The van der Waals surface area contributed by atoms with E-state index < -0.39 is 10.0 Å². The minimum absolute atomic E-state index is 0.0441. The van der Waals surface area contributed by atoms with Crippen LogP contribution >= 0.6 is 11.6 Å². The molecule has 2 aromatic carbocycles. The Balaban J connectivity index is 1.78. The Morgan fingerprint density at radius 3 is 2.42 bits per heavy atom. The third-order valence-electron chi connectivity index (χ3n) is 4.34. The van der Waals surface area contributed by atoms with Gasteiger partial charge in [0.2, 0.25) is 10.0 Å². The molecule has 6 heteroatoms. The van der Waals surface area contributed by atoms with E-state index in [0.29, 0.717) is 11.6 Å². The van der Waals surface area contributed by atoms with E-state index in [2.05, 4.69) is 21.8 Å². The molecule has 0 spiro atoms. The predicted octanol–water partition coefficient (Wildman–Crippen LogP) is 3.46. The summed E-state index contributed by atoms with van der Waals surface area (Å²) in [6, 6.07) is 16.4. The molecule has 1 aliphatic rings. The number of sulfonamides is 1. The van der Waals surface area contributed by atoms with Crippen LogP contribution in [0.5, 0.6) is 0 Å². The summed E-state index contributed by atoms with van der Waals surface area (Å²) in [5.41, 5.74) is 1.13. The summed E-state index contributed by atoms with van der Waals surface area (Å²) in [4.78, 5) is 2.54. The third kappa shape index (κ3) is 4.16. The molecule has 0 unspecified atom stereocenters. The number of halogens is 1. The van der Waals surface area contributed by atoms with Crippen molar-refractivity contribution in [3.63, 3.8) is 0 Å². The minimum atomic E-state index is -3.58. The van der Waals surface area contributed by atoms with Crippen LogP contribution in [-0.4, -0.2) is 33.0 Å². The second-order valence-corrected chi connectivity index (χ2v) is 8.18. The Morgan fingerprint density at radius 1 is 1.04 bits per heavy atom. The number of nitrogens with one attached hydrogen (secondary N) is 1. The van der Waals surface area contributed by atoms with Gasteiger partial charge in [0.25, 0.3) is 0 Å². The summed E-state index contributed by atoms with van der Waals surface area (Å²) in [6.07, 6.45) is 2.31. The molecule has 1 N–H and O–H groups in total. The van der Waals surface area contributed by atoms with Crippen molar-refractivity contribution < 1.29 is 8.42 Å². The molecule has 0 aromatic heterocycles. The lowest BCUT2D eigenvalue weighted by Crippen LogP contribution is -2.36. The topological polar surface area (TPSA) is 49.4 Å². The summed E-state index contributed by atoms with van der Waals surface area (Å²) in [7, 11) is -3.58. The van der Waals surface area contributed by atoms with Crippen LogP contribution in [-0.2, 0) is 10.0 Å². The zero-order chi connectivity index (χ0) is 17.0. The van der Waals surface area contributed by atoms with Crippen LogP contribution in [0.4, 0.5) is 0 Å². The molecule has 2 aromatic rings. The molecule has 1 aliphatic heterocycles. The second kappa shape index (κ2) is 7.66. The lowest BCUT2D eigenvalue weighted by atomic mass is 10.1. The summed E-state index contributed by atoms with van der Waals surface area (Å²) in [6.45, 7) is 2.34. The largest absolute Gasteiger partial charge is 0.295 e. The van der Waals surface area contributed by atoms with Crippen LogP contribution in [0.3, 0.4) is 0 Å². The molecular formula is C18H21ClN2O2S. The first-order valence-corrected chi connectivity index (χ1v) is 9.96. The molecule has 0 aliphatic carbocycles. The fourth-order valence-corrected chi connectivity index (χ4v) is 4.43. The van der Waals surface area contributed by atoms with Gasteiger partial charge in [-0.3, -0.25) is 4.90 Å². The number of nitrogens with zero attached hydrogens (tertiary/aromatic N) is 1. The molecule has 0 bridgehead atoms. The zero-order valence-electron chi connectivity index (χ0n) is 13.4. The molecule has 24 heavy (non-hydrogen) atoms. The molecule has 1 heterocycles. The number of rotatable bonds is 6. The highest BCUT2D eigenvalue weighted by atomic mass is 35.5. The van der Waals surface area contributed by atoms with Gasteiger partial charge in [0.05, 0.1) is 4.90 Å². The molecule has 1 saturated heterocycles. The fourth-order valence-electron chi connectivity index (χ4n) is 3.09. The van der Waals surface area contributed by atoms with Crippen LogP contribution in [0.2, 0.25) is 5.02 Å². The van der Waals surface area contributed by atoms with Crippen molar-refractivity contribution in [2.24, 2.45) is 0 Å². The molecular weight excluding hydrogens is 344 g/mol. The van der Waals surface area contributed by atoms with Crippen LogP contribution in [0.1, 0.15) is 24.4 Å². The highest BCUT2D eigenvalue weighted by Gasteiger charge is 2.25. The Labute approximate surface area is 148 Å². The first-order chi connectivity index (χ1) is 11.6. The van der Waals surface area contributed by atoms with Gasteiger partial charge >= 0.3 is 0 Å². The Morgan fingerprint density at radius 2 is 1.75 bits per heavy atom. The van der Waals surface area contributed by atoms with Crippen LogP contribution in [0, 0.1) is 0 Å². The first-order valence-electron chi connectivity index (χ1n) is 8.10. The van der Waals surface area contributed by atoms with Crippen LogP contribution < -0.4 is 4.72 Å². The molecule has 128 valence electrons. The number of hydrogen-bond donors (Lipinski definition) is 1. The van der Waals surface area contributed by atoms with Gasteiger partial charge in [-0.25, -0.2) is 13.1 Å². The maximum atomic E-state index is 12.5. The summed E-state index contributed by atoms with van der Waals surface area (Å²) < 4.78 is 27.8. The van der Waals surface area contributed by atoms with E-state index in [4.69, 9.17) is 11.6 Å². The van der Waals surface area contributed by atoms with Gasteiger partial charge in [-0.05, 0) is 49.7 Å². The average Bonchev–Trinajstić information content (AvgIpc) is 3.10. The molecule has 0 amide bonds. The minimum Gasteiger partial charge on any atom is -0.295 e. The highest BCUT2D eigenvalue weighted by molar-refractivity contribution is 7.89. The summed E-state index contributed by atoms with van der Waals surface area (Å²) in [5, 5.41) is 0.414. The van der Waals surface area contributed by atoms with E-state index in [1.807, 2.05) is 18.2 Å². The van der Waals surface area contributed by atoms with Crippen molar-refractivity contribution in [2.75, 3.05) is 19.6 Å². The van der Waals surface area contributed by atoms with Crippen LogP contribution in [0.15, 0.2) is 59.5 Å². The van der Waals surface area contributed by atoms with Gasteiger partial charge in [-0.15, -0.1) is 0 Å². The van der Waals surface area contributed by atoms with E-state index in [1.54, 1.807) is 18.2 Å². The highest BCUT2D eigenvalue weighted by Crippen LogP contribution is 2.25. The quantitative estimate of drug-likeness (QED) is 0.854. The Kier molecular flexibility index (Phi) is 5.56. The smallest absolute Gasteiger partial charge is 0.240 e. The van der Waals surface area contributed by atoms with Gasteiger partial charge in [0, 0.05) is 17.6 Å². The van der Waals surface area contributed by atoms with E-state index in [9.17, 15) is 8.42 Å². The number of hydrogen-bond acceptors (Lipinski definition) is 3. The van der Waals surface area contributed by atoms with Crippen LogP contribution in [0.25, 0.3) is 0 Å².